The molecule has 15 heavy (non-hydrogen) atoms. The molecular weight excluding hydrogens is 234 g/mol. The van der Waals surface area contributed by atoms with Crippen molar-refractivity contribution in [3.63, 3.8) is 0 Å². The van der Waals surface area contributed by atoms with Gasteiger partial charge in [0.05, 0.1) is 21.7 Å². The number of hydrogen-bond acceptors (Lipinski definition) is 4. The van der Waals surface area contributed by atoms with Gasteiger partial charge in [0.15, 0.2) is 0 Å². The molecule has 1 aliphatic rings. The molecule has 2 atom stereocenters. The van der Waals surface area contributed by atoms with Crippen LogP contribution in [0.15, 0.2) is 17.2 Å². The molecule has 2 heterocycles. The first-order valence-electron chi connectivity index (χ1n) is 4.69. The Morgan fingerprint density at radius 3 is 2.80 bits per heavy atom. The molecule has 1 saturated heterocycles. The molecule has 1 aromatic rings. The van der Waals surface area contributed by atoms with Gasteiger partial charge in [-0.05, 0) is 32.0 Å². The number of rotatable bonds is 2. The van der Waals surface area contributed by atoms with Crippen LogP contribution in [0.25, 0.3) is 0 Å². The molecule has 1 aromatic heterocycles. The summed E-state index contributed by atoms with van der Waals surface area (Å²) < 4.78 is 11.9. The molecule has 6 heteroatoms. The highest BCUT2D eigenvalue weighted by Crippen LogP contribution is 2.13. The predicted molar refractivity (Wildman–Crippen MR) is 61.7 cm³/mol. The van der Waals surface area contributed by atoms with E-state index < -0.39 is 10.8 Å². The molecule has 0 bridgehead atoms. The summed E-state index contributed by atoms with van der Waals surface area (Å²) in [6.07, 6.45) is 0.960. The van der Waals surface area contributed by atoms with Crippen LogP contribution >= 0.6 is 12.4 Å². The maximum Gasteiger partial charge on any atom is 0.150 e. The smallest absolute Gasteiger partial charge is 0.150 e. The Labute approximate surface area is 97.7 Å². The van der Waals surface area contributed by atoms with Crippen LogP contribution in [0.1, 0.15) is 12.1 Å². The number of aryl methyl sites for hydroxylation is 1. The van der Waals surface area contributed by atoms with E-state index in [1.54, 1.807) is 6.07 Å². The van der Waals surface area contributed by atoms with E-state index in [1.165, 1.54) is 0 Å². The zero-order valence-electron chi connectivity index (χ0n) is 8.47. The van der Waals surface area contributed by atoms with Crippen LogP contribution in [0.3, 0.4) is 0 Å². The van der Waals surface area contributed by atoms with Crippen molar-refractivity contribution < 1.29 is 4.21 Å². The summed E-state index contributed by atoms with van der Waals surface area (Å²) in [5.41, 5.74) is 0.857. The first-order chi connectivity index (χ1) is 6.77. The molecule has 2 rings (SSSR count). The van der Waals surface area contributed by atoms with Gasteiger partial charge in [0.2, 0.25) is 0 Å². The minimum Gasteiger partial charge on any atom is -0.315 e. The standard InChI is InChI=1S/C9H13N3OS.ClH/c1-7-2-3-9(12-11-7)14(13)8-4-5-10-6-8;/h2-3,8,10H,4-6H2,1H3;1H/t8-,14?;/m0./s1. The number of nitrogens with one attached hydrogen (secondary N) is 1. The average Bonchev–Trinajstić information content (AvgIpc) is 2.71. The van der Waals surface area contributed by atoms with Crippen molar-refractivity contribution in [3.8, 4) is 0 Å². The Morgan fingerprint density at radius 1 is 1.47 bits per heavy atom. The number of nitrogens with zero attached hydrogens (tertiary/aromatic N) is 2. The lowest BCUT2D eigenvalue weighted by molar-refractivity contribution is 0.666. The highest BCUT2D eigenvalue weighted by Gasteiger charge is 2.23. The molecule has 1 aliphatic heterocycles. The fourth-order valence-electron chi connectivity index (χ4n) is 1.48. The normalized spacial score (nSPS) is 22.1. The lowest BCUT2D eigenvalue weighted by Crippen LogP contribution is -2.19. The van der Waals surface area contributed by atoms with Crippen molar-refractivity contribution in [2.75, 3.05) is 13.1 Å². The Balaban J connectivity index is 0.00000112. The van der Waals surface area contributed by atoms with Gasteiger partial charge in [-0.2, -0.15) is 5.10 Å². The molecule has 0 radical (unpaired) electrons. The summed E-state index contributed by atoms with van der Waals surface area (Å²) in [7, 11) is -1.00. The summed E-state index contributed by atoms with van der Waals surface area (Å²) in [5.74, 6) is 0. The van der Waals surface area contributed by atoms with Crippen molar-refractivity contribution in [2.24, 2.45) is 0 Å². The maximum absolute atomic E-state index is 11.9. The van der Waals surface area contributed by atoms with E-state index in [9.17, 15) is 4.21 Å². The van der Waals surface area contributed by atoms with Gasteiger partial charge < -0.3 is 5.32 Å². The third kappa shape index (κ3) is 2.96. The second-order valence-electron chi connectivity index (χ2n) is 3.43. The molecule has 84 valence electrons. The van der Waals surface area contributed by atoms with Gasteiger partial charge in [-0.25, -0.2) is 0 Å². The number of hydrogen-bond donors (Lipinski definition) is 1. The van der Waals surface area contributed by atoms with Crippen LogP contribution < -0.4 is 5.32 Å². The largest absolute Gasteiger partial charge is 0.315 e. The Hall–Kier alpha value is -0.520. The molecule has 0 aliphatic carbocycles. The van der Waals surface area contributed by atoms with Crippen LogP contribution in [-0.4, -0.2) is 32.7 Å². The van der Waals surface area contributed by atoms with Gasteiger partial charge in [-0.1, -0.05) is 0 Å². The minimum atomic E-state index is -1.00. The van der Waals surface area contributed by atoms with Crippen molar-refractivity contribution in [3.05, 3.63) is 17.8 Å². The summed E-state index contributed by atoms with van der Waals surface area (Å²) >= 11 is 0. The summed E-state index contributed by atoms with van der Waals surface area (Å²) in [4.78, 5) is 0. The van der Waals surface area contributed by atoms with E-state index >= 15 is 0 Å². The zero-order valence-corrected chi connectivity index (χ0v) is 10.1. The summed E-state index contributed by atoms with van der Waals surface area (Å²) in [6.45, 7) is 3.65. The fraction of sp³-hybridized carbons (Fsp3) is 0.556. The van der Waals surface area contributed by atoms with Gasteiger partial charge >= 0.3 is 0 Å². The summed E-state index contributed by atoms with van der Waals surface area (Å²) in [6, 6.07) is 3.65. The quantitative estimate of drug-likeness (QED) is 0.835. The zero-order chi connectivity index (χ0) is 9.97. The predicted octanol–water partition coefficient (Wildman–Crippen LogP) is 0.676. The van der Waals surface area contributed by atoms with E-state index in [0.29, 0.717) is 5.03 Å². The molecule has 4 nitrogen and oxygen atoms in total. The van der Waals surface area contributed by atoms with Crippen molar-refractivity contribution >= 4 is 23.2 Å². The molecular formula is C9H14ClN3OS. The average molecular weight is 248 g/mol. The molecule has 1 fully saturated rings. The van der Waals surface area contributed by atoms with Crippen molar-refractivity contribution in [1.29, 1.82) is 0 Å². The highest BCUT2D eigenvalue weighted by atomic mass is 35.5. The number of halogens is 1. The molecule has 0 aromatic carbocycles. The number of aromatic nitrogens is 2. The van der Waals surface area contributed by atoms with Crippen LogP contribution in [0.5, 0.6) is 0 Å². The molecule has 0 saturated carbocycles. The van der Waals surface area contributed by atoms with Crippen LogP contribution in [-0.2, 0) is 10.8 Å². The van der Waals surface area contributed by atoms with E-state index in [-0.39, 0.29) is 17.7 Å². The Morgan fingerprint density at radius 2 is 2.27 bits per heavy atom. The first-order valence-corrected chi connectivity index (χ1v) is 5.90. The Bertz CT molecular complexity index is 338. The van der Waals surface area contributed by atoms with Gasteiger partial charge in [0, 0.05) is 6.54 Å². The van der Waals surface area contributed by atoms with Crippen molar-refractivity contribution in [2.45, 2.75) is 23.6 Å². The van der Waals surface area contributed by atoms with Gasteiger partial charge in [-0.3, -0.25) is 4.21 Å². The van der Waals surface area contributed by atoms with E-state index in [1.807, 2.05) is 13.0 Å². The highest BCUT2D eigenvalue weighted by molar-refractivity contribution is 7.85. The summed E-state index contributed by atoms with van der Waals surface area (Å²) in [5, 5.41) is 11.8. The lowest BCUT2D eigenvalue weighted by Gasteiger charge is -2.06. The van der Waals surface area contributed by atoms with Gasteiger partial charge in [0.1, 0.15) is 5.03 Å². The van der Waals surface area contributed by atoms with Gasteiger partial charge in [0.25, 0.3) is 0 Å². The third-order valence-electron chi connectivity index (χ3n) is 2.30. The third-order valence-corrected chi connectivity index (χ3v) is 3.94. The maximum atomic E-state index is 11.9. The second-order valence-corrected chi connectivity index (χ2v) is 5.10. The van der Waals surface area contributed by atoms with E-state index in [2.05, 4.69) is 15.5 Å². The van der Waals surface area contributed by atoms with Crippen molar-refractivity contribution in [1.82, 2.24) is 15.5 Å². The molecule has 0 amide bonds. The molecule has 1 unspecified atom stereocenters. The van der Waals surface area contributed by atoms with Crippen LogP contribution in [0.2, 0.25) is 0 Å². The lowest BCUT2D eigenvalue weighted by atomic mass is 10.4. The molecule has 0 spiro atoms. The monoisotopic (exact) mass is 247 g/mol. The SMILES string of the molecule is Cc1ccc(S(=O)[C@H]2CCNC2)nn1.Cl. The van der Waals surface area contributed by atoms with E-state index in [4.69, 9.17) is 0 Å². The van der Waals surface area contributed by atoms with Crippen LogP contribution in [0.4, 0.5) is 0 Å². The minimum absolute atomic E-state index is 0. The fourth-order valence-corrected chi connectivity index (χ4v) is 2.74. The van der Waals surface area contributed by atoms with E-state index in [0.717, 1.165) is 25.2 Å². The van der Waals surface area contributed by atoms with Crippen LogP contribution in [0, 0.1) is 6.92 Å². The second kappa shape index (κ2) is 5.53. The topological polar surface area (TPSA) is 54.9 Å². The Kier molecular flexibility index (Phi) is 4.63. The first kappa shape index (κ1) is 12.5. The molecule has 1 N–H and O–H groups in total. The van der Waals surface area contributed by atoms with Gasteiger partial charge in [-0.15, -0.1) is 17.5 Å².